The van der Waals surface area contributed by atoms with Crippen molar-refractivity contribution in [2.45, 2.75) is 32.8 Å². The maximum atomic E-state index is 13.3. The van der Waals surface area contributed by atoms with Crippen molar-refractivity contribution in [3.63, 3.8) is 0 Å². The first-order valence-electron chi connectivity index (χ1n) is 5.56. The summed E-state index contributed by atoms with van der Waals surface area (Å²) >= 11 is 0. The first-order chi connectivity index (χ1) is 7.69. The monoisotopic (exact) mass is 224 g/mol. The lowest BCUT2D eigenvalue weighted by Crippen LogP contribution is -2.25. The van der Waals surface area contributed by atoms with Crippen LogP contribution in [0.1, 0.15) is 25.8 Å². The van der Waals surface area contributed by atoms with Crippen LogP contribution in [0.5, 0.6) is 0 Å². The summed E-state index contributed by atoms with van der Waals surface area (Å²) in [5.41, 5.74) is 0.436. The Balaban J connectivity index is 2.66. The van der Waals surface area contributed by atoms with E-state index in [4.69, 9.17) is 4.74 Å². The van der Waals surface area contributed by atoms with Crippen molar-refractivity contribution in [1.29, 1.82) is 0 Å². The van der Waals surface area contributed by atoms with Crippen LogP contribution in [0.2, 0.25) is 0 Å². The molecule has 2 nitrogen and oxygen atoms in total. The van der Waals surface area contributed by atoms with Crippen molar-refractivity contribution in [2.24, 2.45) is 0 Å². The molecule has 1 aromatic rings. The van der Waals surface area contributed by atoms with Crippen molar-refractivity contribution in [3.05, 3.63) is 35.6 Å². The van der Waals surface area contributed by atoms with Gasteiger partial charge in [-0.25, -0.2) is 4.39 Å². The molecule has 0 aliphatic carbocycles. The van der Waals surface area contributed by atoms with Crippen LogP contribution in [0.15, 0.2) is 24.3 Å². The van der Waals surface area contributed by atoms with E-state index < -0.39 is 6.10 Å². The van der Waals surface area contributed by atoms with E-state index in [9.17, 15) is 9.18 Å². The molecule has 0 amide bonds. The molecule has 0 fully saturated rings. The van der Waals surface area contributed by atoms with Gasteiger partial charge in [0.1, 0.15) is 11.9 Å². The second kappa shape index (κ2) is 6.38. The standard InChI is InChI=1S/C13H17FO2/c1-3-13(16-4-2)12(15)9-10-7-5-6-8-11(10)14/h5-8,13H,3-4,9H2,1-2H3. The molecule has 1 unspecified atom stereocenters. The number of halogens is 1. The minimum atomic E-state index is -0.412. The Morgan fingerprint density at radius 2 is 2.06 bits per heavy atom. The van der Waals surface area contributed by atoms with Gasteiger partial charge in [0.2, 0.25) is 0 Å². The van der Waals surface area contributed by atoms with Crippen LogP contribution >= 0.6 is 0 Å². The summed E-state index contributed by atoms with van der Waals surface area (Å²) in [5.74, 6) is -0.392. The Bertz CT molecular complexity index is 350. The minimum absolute atomic E-state index is 0.0607. The zero-order chi connectivity index (χ0) is 12.0. The van der Waals surface area contributed by atoms with Crippen LogP contribution in [0, 0.1) is 5.82 Å². The van der Waals surface area contributed by atoms with E-state index in [2.05, 4.69) is 0 Å². The quantitative estimate of drug-likeness (QED) is 0.742. The highest BCUT2D eigenvalue weighted by Gasteiger charge is 2.17. The average molecular weight is 224 g/mol. The summed E-state index contributed by atoms with van der Waals surface area (Å²) in [6.07, 6.45) is 0.316. The number of carbonyl (C=O) groups excluding carboxylic acids is 1. The molecular weight excluding hydrogens is 207 g/mol. The molecule has 0 aliphatic rings. The van der Waals surface area contributed by atoms with E-state index in [-0.39, 0.29) is 18.0 Å². The van der Waals surface area contributed by atoms with Gasteiger partial charge in [0.15, 0.2) is 5.78 Å². The van der Waals surface area contributed by atoms with Crippen LogP contribution in [0.3, 0.4) is 0 Å². The molecule has 0 saturated carbocycles. The Morgan fingerprint density at radius 1 is 1.38 bits per heavy atom. The number of rotatable bonds is 6. The first-order valence-corrected chi connectivity index (χ1v) is 5.56. The molecule has 0 spiro atoms. The maximum absolute atomic E-state index is 13.3. The lowest BCUT2D eigenvalue weighted by molar-refractivity contribution is -0.129. The maximum Gasteiger partial charge on any atom is 0.165 e. The number of ketones is 1. The molecule has 1 rings (SSSR count). The fourth-order valence-electron chi connectivity index (χ4n) is 1.58. The van der Waals surface area contributed by atoms with Gasteiger partial charge in [-0.1, -0.05) is 25.1 Å². The van der Waals surface area contributed by atoms with E-state index in [1.54, 1.807) is 18.2 Å². The molecule has 0 radical (unpaired) electrons. The SMILES string of the molecule is CCOC(CC)C(=O)Cc1ccccc1F. The Labute approximate surface area is 95.4 Å². The lowest BCUT2D eigenvalue weighted by Gasteiger charge is -2.13. The molecule has 0 N–H and O–H groups in total. The number of hydrogen-bond acceptors (Lipinski definition) is 2. The fourth-order valence-corrected chi connectivity index (χ4v) is 1.58. The average Bonchev–Trinajstić information content (AvgIpc) is 2.29. The molecule has 0 bridgehead atoms. The van der Waals surface area contributed by atoms with E-state index >= 15 is 0 Å². The highest BCUT2D eigenvalue weighted by molar-refractivity contribution is 5.85. The zero-order valence-electron chi connectivity index (χ0n) is 9.70. The molecule has 1 atom stereocenters. The Kier molecular flexibility index (Phi) is 5.12. The number of carbonyl (C=O) groups is 1. The third kappa shape index (κ3) is 3.42. The summed E-state index contributed by atoms with van der Waals surface area (Å²) in [6.45, 7) is 4.24. The third-order valence-corrected chi connectivity index (χ3v) is 2.42. The van der Waals surface area contributed by atoms with Crippen molar-refractivity contribution in [3.8, 4) is 0 Å². The predicted octanol–water partition coefficient (Wildman–Crippen LogP) is 2.75. The van der Waals surface area contributed by atoms with Gasteiger partial charge in [0, 0.05) is 13.0 Å². The Morgan fingerprint density at radius 3 is 2.62 bits per heavy atom. The molecule has 0 aromatic heterocycles. The van der Waals surface area contributed by atoms with Gasteiger partial charge >= 0.3 is 0 Å². The second-order valence-corrected chi connectivity index (χ2v) is 3.59. The van der Waals surface area contributed by atoms with Crippen LogP contribution < -0.4 is 0 Å². The van der Waals surface area contributed by atoms with Gasteiger partial charge in [-0.3, -0.25) is 4.79 Å². The van der Waals surface area contributed by atoms with Crippen molar-refractivity contribution < 1.29 is 13.9 Å². The Hall–Kier alpha value is -1.22. The normalized spacial score (nSPS) is 12.4. The van der Waals surface area contributed by atoms with Crippen molar-refractivity contribution in [1.82, 2.24) is 0 Å². The van der Waals surface area contributed by atoms with Crippen LogP contribution in [-0.4, -0.2) is 18.5 Å². The summed E-state index contributed by atoms with van der Waals surface area (Å²) in [4.78, 5) is 11.8. The summed E-state index contributed by atoms with van der Waals surface area (Å²) in [5, 5.41) is 0. The molecule has 1 aromatic carbocycles. The first kappa shape index (κ1) is 12.8. The number of Topliss-reactive ketones (excluding diaryl/α,β-unsaturated/α-hetero) is 1. The largest absolute Gasteiger partial charge is 0.371 e. The topological polar surface area (TPSA) is 26.3 Å². The number of ether oxygens (including phenoxy) is 1. The molecule has 0 saturated heterocycles. The van der Waals surface area contributed by atoms with Crippen molar-refractivity contribution >= 4 is 5.78 Å². The molecule has 0 heterocycles. The summed E-state index contributed by atoms with van der Waals surface area (Å²) < 4.78 is 18.6. The number of benzene rings is 1. The van der Waals surface area contributed by atoms with Crippen LogP contribution in [-0.2, 0) is 16.0 Å². The second-order valence-electron chi connectivity index (χ2n) is 3.59. The van der Waals surface area contributed by atoms with Crippen LogP contribution in [0.25, 0.3) is 0 Å². The minimum Gasteiger partial charge on any atom is -0.371 e. The fraction of sp³-hybridized carbons (Fsp3) is 0.462. The zero-order valence-corrected chi connectivity index (χ0v) is 9.70. The van der Waals surface area contributed by atoms with Gasteiger partial charge in [0.05, 0.1) is 0 Å². The molecule has 3 heteroatoms. The molecule has 88 valence electrons. The van der Waals surface area contributed by atoms with Gasteiger partial charge in [-0.15, -0.1) is 0 Å². The third-order valence-electron chi connectivity index (χ3n) is 2.42. The van der Waals surface area contributed by atoms with E-state index in [1.165, 1.54) is 6.07 Å². The smallest absolute Gasteiger partial charge is 0.165 e. The molecule has 0 aliphatic heterocycles. The highest BCUT2D eigenvalue weighted by atomic mass is 19.1. The van der Waals surface area contributed by atoms with Gasteiger partial charge < -0.3 is 4.74 Å². The van der Waals surface area contributed by atoms with E-state index in [1.807, 2.05) is 13.8 Å². The van der Waals surface area contributed by atoms with Gasteiger partial charge in [-0.2, -0.15) is 0 Å². The van der Waals surface area contributed by atoms with E-state index in [0.717, 1.165) is 0 Å². The lowest BCUT2D eigenvalue weighted by atomic mass is 10.0. The van der Waals surface area contributed by atoms with Gasteiger partial charge in [0.25, 0.3) is 0 Å². The predicted molar refractivity (Wildman–Crippen MR) is 60.8 cm³/mol. The van der Waals surface area contributed by atoms with Crippen LogP contribution in [0.4, 0.5) is 4.39 Å². The summed E-state index contributed by atoms with van der Waals surface area (Å²) in [6, 6.07) is 6.34. The summed E-state index contributed by atoms with van der Waals surface area (Å²) in [7, 11) is 0. The van der Waals surface area contributed by atoms with Crippen molar-refractivity contribution in [2.75, 3.05) is 6.61 Å². The number of hydrogen-bond donors (Lipinski definition) is 0. The molecule has 16 heavy (non-hydrogen) atoms. The molecular formula is C13H17FO2. The highest BCUT2D eigenvalue weighted by Crippen LogP contribution is 2.10. The van der Waals surface area contributed by atoms with Gasteiger partial charge in [-0.05, 0) is 25.0 Å². The van der Waals surface area contributed by atoms with E-state index in [0.29, 0.717) is 18.6 Å².